The zero-order chi connectivity index (χ0) is 21.7. The van der Waals surface area contributed by atoms with Crippen LogP contribution in [0.1, 0.15) is 23.0 Å². The summed E-state index contributed by atoms with van der Waals surface area (Å²) in [6.45, 7) is 1.37. The normalized spacial score (nSPS) is 10.7. The molecule has 2 N–H and O–H groups in total. The summed E-state index contributed by atoms with van der Waals surface area (Å²) in [5.74, 6) is 0.0216. The van der Waals surface area contributed by atoms with Gasteiger partial charge in [0.2, 0.25) is 5.91 Å². The van der Waals surface area contributed by atoms with E-state index in [0.29, 0.717) is 28.3 Å². The highest BCUT2D eigenvalue weighted by Crippen LogP contribution is 2.32. The van der Waals surface area contributed by atoms with E-state index in [0.717, 1.165) is 0 Å². The molecule has 0 aliphatic carbocycles. The third-order valence-electron chi connectivity index (χ3n) is 3.86. The molecule has 0 aliphatic heterocycles. The van der Waals surface area contributed by atoms with Gasteiger partial charge >= 0.3 is 0 Å². The van der Waals surface area contributed by atoms with Crippen LogP contribution in [0.15, 0.2) is 64.1 Å². The summed E-state index contributed by atoms with van der Waals surface area (Å²) in [5.41, 5.74) is 3.54. The van der Waals surface area contributed by atoms with E-state index in [9.17, 15) is 19.7 Å². The molecule has 0 aliphatic rings. The number of hydrazone groups is 1. The van der Waals surface area contributed by atoms with Crippen LogP contribution < -0.4 is 10.7 Å². The molecule has 0 radical (unpaired) electrons. The summed E-state index contributed by atoms with van der Waals surface area (Å²) in [5, 5.41) is 17.4. The fourth-order valence-corrected chi connectivity index (χ4v) is 2.81. The number of halogens is 1. The first-order valence-electron chi connectivity index (χ1n) is 8.58. The number of nitrogens with one attached hydrogen (secondary N) is 2. The molecule has 2 amide bonds. The molecule has 0 atom stereocenters. The van der Waals surface area contributed by atoms with E-state index in [2.05, 4.69) is 15.8 Å². The lowest BCUT2D eigenvalue weighted by molar-refractivity contribution is -0.384. The molecule has 10 heteroatoms. The van der Waals surface area contributed by atoms with Crippen molar-refractivity contribution in [2.45, 2.75) is 6.92 Å². The molecule has 2 aromatic carbocycles. The number of carbonyl (C=O) groups excluding carboxylic acids is 2. The molecule has 0 spiro atoms. The van der Waals surface area contributed by atoms with E-state index in [1.807, 2.05) is 0 Å². The highest BCUT2D eigenvalue weighted by Gasteiger charge is 2.13. The highest BCUT2D eigenvalue weighted by atomic mass is 35.5. The number of nitro groups is 1. The van der Waals surface area contributed by atoms with Gasteiger partial charge in [0.25, 0.3) is 11.6 Å². The maximum atomic E-state index is 12.2. The van der Waals surface area contributed by atoms with Crippen LogP contribution in [-0.4, -0.2) is 23.0 Å². The van der Waals surface area contributed by atoms with Gasteiger partial charge in [-0.25, -0.2) is 5.43 Å². The van der Waals surface area contributed by atoms with Gasteiger partial charge < -0.3 is 9.73 Å². The molecule has 30 heavy (non-hydrogen) atoms. The van der Waals surface area contributed by atoms with Gasteiger partial charge in [-0.1, -0.05) is 17.7 Å². The van der Waals surface area contributed by atoms with Crippen LogP contribution in [0.2, 0.25) is 5.02 Å². The van der Waals surface area contributed by atoms with Crippen LogP contribution in [-0.2, 0) is 4.79 Å². The van der Waals surface area contributed by atoms with Crippen molar-refractivity contribution in [1.29, 1.82) is 0 Å². The third kappa shape index (κ3) is 5.09. The Bertz CT molecular complexity index is 1160. The van der Waals surface area contributed by atoms with Gasteiger partial charge in [0.05, 0.1) is 16.2 Å². The number of benzene rings is 2. The first-order chi connectivity index (χ1) is 14.3. The molecule has 0 fully saturated rings. The van der Waals surface area contributed by atoms with Crippen molar-refractivity contribution in [2.24, 2.45) is 5.10 Å². The van der Waals surface area contributed by atoms with Crippen LogP contribution in [0, 0.1) is 10.1 Å². The van der Waals surface area contributed by atoms with Gasteiger partial charge in [-0.2, -0.15) is 5.10 Å². The molecule has 0 bridgehead atoms. The lowest BCUT2D eigenvalue weighted by atomic mass is 10.1. The monoisotopic (exact) mass is 426 g/mol. The SMILES string of the molecule is CC(=O)Nc1cccc(C(=O)N/N=C\c2ccc(-c3ccc([N+](=O)[O-])cc3Cl)o2)c1. The van der Waals surface area contributed by atoms with E-state index in [1.54, 1.807) is 30.3 Å². The number of amides is 2. The molecule has 0 saturated heterocycles. The topological polar surface area (TPSA) is 127 Å². The first-order valence-corrected chi connectivity index (χ1v) is 8.96. The predicted octanol–water partition coefficient (Wildman–Crippen LogP) is 4.23. The molecular weight excluding hydrogens is 412 g/mol. The number of furan rings is 1. The quantitative estimate of drug-likeness (QED) is 0.346. The van der Waals surface area contributed by atoms with E-state index < -0.39 is 10.8 Å². The summed E-state index contributed by atoms with van der Waals surface area (Å²) in [4.78, 5) is 33.6. The van der Waals surface area contributed by atoms with E-state index in [-0.39, 0.29) is 16.6 Å². The molecule has 9 nitrogen and oxygen atoms in total. The predicted molar refractivity (Wildman–Crippen MR) is 112 cm³/mol. The van der Waals surface area contributed by atoms with Crippen molar-refractivity contribution in [1.82, 2.24) is 5.43 Å². The summed E-state index contributed by atoms with van der Waals surface area (Å²) in [7, 11) is 0. The van der Waals surface area contributed by atoms with E-state index in [1.165, 1.54) is 37.4 Å². The Balaban J connectivity index is 1.67. The minimum Gasteiger partial charge on any atom is -0.455 e. The largest absolute Gasteiger partial charge is 0.455 e. The van der Waals surface area contributed by atoms with Crippen molar-refractivity contribution < 1.29 is 18.9 Å². The summed E-state index contributed by atoms with van der Waals surface area (Å²) < 4.78 is 5.60. The molecule has 152 valence electrons. The summed E-state index contributed by atoms with van der Waals surface area (Å²) in [6, 6.07) is 13.7. The summed E-state index contributed by atoms with van der Waals surface area (Å²) in [6.07, 6.45) is 1.30. The number of nitro benzene ring substituents is 1. The molecule has 3 aromatic rings. The van der Waals surface area contributed by atoms with Gasteiger partial charge in [0, 0.05) is 35.9 Å². The number of anilines is 1. The maximum Gasteiger partial charge on any atom is 0.271 e. The fraction of sp³-hybridized carbons (Fsp3) is 0.0500. The lowest BCUT2D eigenvalue weighted by Crippen LogP contribution is -2.18. The number of nitrogens with zero attached hydrogens (tertiary/aromatic N) is 2. The van der Waals surface area contributed by atoms with Crippen molar-refractivity contribution in [2.75, 3.05) is 5.32 Å². The molecule has 1 aromatic heterocycles. The summed E-state index contributed by atoms with van der Waals surface area (Å²) >= 11 is 6.09. The molecule has 0 unspecified atom stereocenters. The van der Waals surface area contributed by atoms with Crippen LogP contribution >= 0.6 is 11.6 Å². The smallest absolute Gasteiger partial charge is 0.271 e. The first kappa shape index (κ1) is 20.7. The van der Waals surface area contributed by atoms with Crippen molar-refractivity contribution >= 4 is 41.0 Å². The minimum absolute atomic E-state index is 0.123. The zero-order valence-electron chi connectivity index (χ0n) is 15.6. The van der Waals surface area contributed by atoms with Crippen molar-refractivity contribution in [3.63, 3.8) is 0 Å². The number of hydrogen-bond donors (Lipinski definition) is 2. The highest BCUT2D eigenvalue weighted by molar-refractivity contribution is 6.33. The van der Waals surface area contributed by atoms with Crippen LogP contribution in [0.3, 0.4) is 0 Å². The molecule has 0 saturated carbocycles. The van der Waals surface area contributed by atoms with Crippen LogP contribution in [0.4, 0.5) is 11.4 Å². The van der Waals surface area contributed by atoms with Gasteiger partial charge in [-0.3, -0.25) is 19.7 Å². The number of rotatable bonds is 6. The Morgan fingerprint density at radius 2 is 1.97 bits per heavy atom. The van der Waals surface area contributed by atoms with Gasteiger partial charge in [-0.05, 0) is 36.4 Å². The average molecular weight is 427 g/mol. The van der Waals surface area contributed by atoms with Gasteiger partial charge in [0.1, 0.15) is 11.5 Å². The third-order valence-corrected chi connectivity index (χ3v) is 4.17. The average Bonchev–Trinajstić information content (AvgIpc) is 3.16. The van der Waals surface area contributed by atoms with E-state index >= 15 is 0 Å². The number of carbonyl (C=O) groups is 2. The second kappa shape index (κ2) is 9.01. The Morgan fingerprint density at radius 3 is 2.67 bits per heavy atom. The minimum atomic E-state index is -0.537. The Hall–Kier alpha value is -3.98. The van der Waals surface area contributed by atoms with Crippen molar-refractivity contribution in [3.05, 3.63) is 81.1 Å². The lowest BCUT2D eigenvalue weighted by Gasteiger charge is -2.04. The molecule has 3 rings (SSSR count). The zero-order valence-corrected chi connectivity index (χ0v) is 16.3. The molecule has 1 heterocycles. The van der Waals surface area contributed by atoms with Crippen LogP contribution in [0.25, 0.3) is 11.3 Å². The molecular formula is C20H15ClN4O5. The van der Waals surface area contributed by atoms with Gasteiger partial charge in [-0.15, -0.1) is 0 Å². The Labute approximate surface area is 175 Å². The maximum absolute atomic E-state index is 12.2. The van der Waals surface area contributed by atoms with E-state index in [4.69, 9.17) is 16.0 Å². The number of hydrogen-bond acceptors (Lipinski definition) is 6. The fourth-order valence-electron chi connectivity index (χ4n) is 2.54. The second-order valence-corrected chi connectivity index (χ2v) is 6.49. The Morgan fingerprint density at radius 1 is 1.17 bits per heavy atom. The van der Waals surface area contributed by atoms with Crippen LogP contribution in [0.5, 0.6) is 0 Å². The second-order valence-electron chi connectivity index (χ2n) is 6.08. The Kier molecular flexibility index (Phi) is 6.23. The number of non-ortho nitro benzene ring substituents is 1. The standard InChI is InChI=1S/C20H15ClN4O5/c1-12(26)23-14-4-2-3-13(9-14)20(27)24-22-11-16-6-8-19(30-16)17-7-5-15(25(28)29)10-18(17)21/h2-11H,1H3,(H,23,26)(H,24,27)/b22-11-. The van der Waals surface area contributed by atoms with Gasteiger partial charge in [0.15, 0.2) is 0 Å². The van der Waals surface area contributed by atoms with Crippen molar-refractivity contribution in [3.8, 4) is 11.3 Å².